The maximum absolute atomic E-state index is 10.3. The van der Waals surface area contributed by atoms with Crippen LogP contribution in [-0.4, -0.2) is 15.5 Å². The molecule has 0 saturated carbocycles. The zero-order valence-corrected chi connectivity index (χ0v) is 6.19. The van der Waals surface area contributed by atoms with Crippen LogP contribution in [0.25, 0.3) is 6.08 Å². The van der Waals surface area contributed by atoms with Gasteiger partial charge in [0.1, 0.15) is 5.82 Å². The van der Waals surface area contributed by atoms with E-state index in [0.29, 0.717) is 5.82 Å². The van der Waals surface area contributed by atoms with Crippen LogP contribution >= 0.6 is 0 Å². The lowest BCUT2D eigenvalue weighted by Gasteiger charge is -1.91. The monoisotopic (exact) mass is 151 g/mol. The van der Waals surface area contributed by atoms with Crippen molar-refractivity contribution >= 4 is 12.0 Å². The highest BCUT2D eigenvalue weighted by molar-refractivity contribution is 5.89. The molecule has 2 N–H and O–H groups in total. The van der Waals surface area contributed by atoms with Crippen LogP contribution in [0.2, 0.25) is 0 Å². The molecule has 1 aromatic heterocycles. The fourth-order valence-electron chi connectivity index (χ4n) is 0.694. The number of rotatable bonds is 2. The smallest absolute Gasteiger partial charge is 0.241 e. The molecule has 1 aromatic rings. The number of primary amides is 1. The number of hydrogen-bond acceptors (Lipinski definition) is 2. The zero-order valence-electron chi connectivity index (χ0n) is 6.19. The Morgan fingerprint density at radius 3 is 3.00 bits per heavy atom. The Bertz CT molecular complexity index is 288. The molecule has 4 nitrogen and oxygen atoms in total. The Balaban J connectivity index is 2.79. The summed E-state index contributed by atoms with van der Waals surface area (Å²) in [6.45, 7) is 0. The molecular weight excluding hydrogens is 142 g/mol. The van der Waals surface area contributed by atoms with Crippen LogP contribution in [0.1, 0.15) is 5.82 Å². The topological polar surface area (TPSA) is 60.9 Å². The Morgan fingerprint density at radius 2 is 2.55 bits per heavy atom. The lowest BCUT2D eigenvalue weighted by molar-refractivity contribution is -0.113. The first-order valence-electron chi connectivity index (χ1n) is 3.15. The van der Waals surface area contributed by atoms with E-state index in [1.54, 1.807) is 23.0 Å². The number of aryl methyl sites for hydroxylation is 1. The van der Waals surface area contributed by atoms with E-state index in [0.717, 1.165) is 0 Å². The molecule has 0 atom stereocenters. The van der Waals surface area contributed by atoms with Gasteiger partial charge in [0.2, 0.25) is 5.91 Å². The van der Waals surface area contributed by atoms with Crippen LogP contribution in [0, 0.1) is 0 Å². The highest BCUT2D eigenvalue weighted by Crippen LogP contribution is 1.95. The highest BCUT2D eigenvalue weighted by atomic mass is 16.1. The van der Waals surface area contributed by atoms with Gasteiger partial charge in [0, 0.05) is 25.5 Å². The van der Waals surface area contributed by atoms with E-state index < -0.39 is 5.91 Å². The van der Waals surface area contributed by atoms with Crippen molar-refractivity contribution in [1.82, 2.24) is 9.55 Å². The molecule has 4 heteroatoms. The van der Waals surface area contributed by atoms with E-state index >= 15 is 0 Å². The first-order chi connectivity index (χ1) is 5.20. The van der Waals surface area contributed by atoms with E-state index in [4.69, 9.17) is 5.73 Å². The Hall–Kier alpha value is -1.58. The molecule has 0 bridgehead atoms. The van der Waals surface area contributed by atoms with Crippen LogP contribution in [0.4, 0.5) is 0 Å². The summed E-state index contributed by atoms with van der Waals surface area (Å²) in [5.74, 6) is 0.247. The van der Waals surface area contributed by atoms with Crippen molar-refractivity contribution in [1.29, 1.82) is 0 Å². The standard InChI is InChI=1S/C7H9N3O/c1-10-5-4-9-7(10)3-2-6(8)11/h2-5H,1H3,(H2,8,11). The molecule has 11 heavy (non-hydrogen) atoms. The number of nitrogens with zero attached hydrogens (tertiary/aromatic N) is 2. The number of amides is 1. The average molecular weight is 151 g/mol. The van der Waals surface area contributed by atoms with Gasteiger partial charge in [-0.3, -0.25) is 4.79 Å². The molecule has 0 unspecified atom stereocenters. The van der Waals surface area contributed by atoms with E-state index in [-0.39, 0.29) is 0 Å². The fraction of sp³-hybridized carbons (Fsp3) is 0.143. The number of carbonyl (C=O) groups is 1. The van der Waals surface area contributed by atoms with Gasteiger partial charge in [0.15, 0.2) is 0 Å². The maximum Gasteiger partial charge on any atom is 0.241 e. The zero-order chi connectivity index (χ0) is 8.27. The molecular formula is C7H9N3O. The van der Waals surface area contributed by atoms with E-state index in [9.17, 15) is 4.79 Å². The maximum atomic E-state index is 10.3. The molecule has 0 spiro atoms. The van der Waals surface area contributed by atoms with Gasteiger partial charge >= 0.3 is 0 Å². The Morgan fingerprint density at radius 1 is 1.82 bits per heavy atom. The Kier molecular flexibility index (Phi) is 2.06. The summed E-state index contributed by atoms with van der Waals surface area (Å²) < 4.78 is 1.79. The predicted octanol–water partition coefficient (Wildman–Crippen LogP) is -0.0814. The number of imidazole rings is 1. The van der Waals surface area contributed by atoms with Gasteiger partial charge < -0.3 is 10.3 Å². The van der Waals surface area contributed by atoms with Gasteiger partial charge in [-0.05, 0) is 6.08 Å². The molecule has 1 amide bonds. The first kappa shape index (κ1) is 7.53. The van der Waals surface area contributed by atoms with Crippen molar-refractivity contribution in [2.24, 2.45) is 12.8 Å². The van der Waals surface area contributed by atoms with Crippen LogP contribution in [0.15, 0.2) is 18.5 Å². The van der Waals surface area contributed by atoms with E-state index in [1.807, 2.05) is 7.05 Å². The molecule has 0 aromatic carbocycles. The van der Waals surface area contributed by atoms with Crippen LogP contribution in [0.3, 0.4) is 0 Å². The third-order valence-corrected chi connectivity index (χ3v) is 1.26. The van der Waals surface area contributed by atoms with Crippen molar-refractivity contribution < 1.29 is 4.79 Å². The molecule has 0 radical (unpaired) electrons. The average Bonchev–Trinajstić information content (AvgIpc) is 2.31. The fourth-order valence-corrected chi connectivity index (χ4v) is 0.694. The van der Waals surface area contributed by atoms with Gasteiger partial charge in [-0.2, -0.15) is 0 Å². The number of hydrogen-bond donors (Lipinski definition) is 1. The van der Waals surface area contributed by atoms with Gasteiger partial charge in [-0.15, -0.1) is 0 Å². The molecule has 0 fully saturated rings. The Labute approximate surface area is 64.3 Å². The van der Waals surface area contributed by atoms with E-state index in [2.05, 4.69) is 4.98 Å². The molecule has 1 rings (SSSR count). The minimum absolute atomic E-state index is 0.465. The minimum atomic E-state index is -0.465. The summed E-state index contributed by atoms with van der Waals surface area (Å²) in [4.78, 5) is 14.3. The number of aromatic nitrogens is 2. The highest BCUT2D eigenvalue weighted by Gasteiger charge is 1.92. The van der Waals surface area contributed by atoms with Gasteiger partial charge in [0.05, 0.1) is 0 Å². The van der Waals surface area contributed by atoms with Crippen molar-refractivity contribution in [3.05, 3.63) is 24.3 Å². The quantitative estimate of drug-likeness (QED) is 0.601. The third kappa shape index (κ3) is 1.93. The molecule has 58 valence electrons. The minimum Gasteiger partial charge on any atom is -0.366 e. The van der Waals surface area contributed by atoms with Crippen molar-refractivity contribution in [2.45, 2.75) is 0 Å². The molecule has 0 saturated heterocycles. The lowest BCUT2D eigenvalue weighted by Crippen LogP contribution is -2.05. The largest absolute Gasteiger partial charge is 0.366 e. The second kappa shape index (κ2) is 3.01. The molecule has 0 aliphatic rings. The van der Waals surface area contributed by atoms with E-state index in [1.165, 1.54) is 6.08 Å². The summed E-state index contributed by atoms with van der Waals surface area (Å²) in [6.07, 6.45) is 6.30. The first-order valence-corrected chi connectivity index (χ1v) is 3.15. The van der Waals surface area contributed by atoms with Gasteiger partial charge in [-0.25, -0.2) is 4.98 Å². The molecule has 0 aliphatic heterocycles. The number of nitrogens with two attached hydrogens (primary N) is 1. The number of carbonyl (C=O) groups excluding carboxylic acids is 1. The van der Waals surface area contributed by atoms with Crippen LogP contribution in [0.5, 0.6) is 0 Å². The van der Waals surface area contributed by atoms with Gasteiger partial charge in [0.25, 0.3) is 0 Å². The van der Waals surface area contributed by atoms with Crippen LogP contribution in [-0.2, 0) is 11.8 Å². The lowest BCUT2D eigenvalue weighted by atomic mass is 10.4. The summed E-state index contributed by atoms with van der Waals surface area (Å²) in [6, 6.07) is 0. The summed E-state index contributed by atoms with van der Waals surface area (Å²) in [5, 5.41) is 0. The summed E-state index contributed by atoms with van der Waals surface area (Å²) in [7, 11) is 1.84. The second-order valence-corrected chi connectivity index (χ2v) is 2.13. The normalized spacial score (nSPS) is 10.6. The third-order valence-electron chi connectivity index (χ3n) is 1.26. The second-order valence-electron chi connectivity index (χ2n) is 2.13. The summed E-state index contributed by atoms with van der Waals surface area (Å²) >= 11 is 0. The molecule has 0 aliphatic carbocycles. The van der Waals surface area contributed by atoms with Crippen molar-refractivity contribution in [3.8, 4) is 0 Å². The van der Waals surface area contributed by atoms with Crippen molar-refractivity contribution in [2.75, 3.05) is 0 Å². The SMILES string of the molecule is Cn1ccnc1C=CC(N)=O. The summed E-state index contributed by atoms with van der Waals surface area (Å²) in [5.41, 5.74) is 4.90. The van der Waals surface area contributed by atoms with Crippen LogP contribution < -0.4 is 5.73 Å². The molecule has 1 heterocycles. The van der Waals surface area contributed by atoms with Crippen molar-refractivity contribution in [3.63, 3.8) is 0 Å². The predicted molar refractivity (Wildman–Crippen MR) is 41.4 cm³/mol. The van der Waals surface area contributed by atoms with Gasteiger partial charge in [-0.1, -0.05) is 0 Å².